The maximum Gasteiger partial charge on any atom is 0.323 e. The smallest absolute Gasteiger partial charge is 0.323 e. The molecule has 9 heteroatoms. The molecular formula is C18H12N2O5S2. The molecule has 1 aromatic heterocycles. The predicted octanol–water partition coefficient (Wildman–Crippen LogP) is 2.48. The van der Waals surface area contributed by atoms with Crippen LogP contribution in [0.1, 0.15) is 11.3 Å². The average molecular weight is 400 g/mol. The molecular weight excluding hydrogens is 388 g/mol. The van der Waals surface area contributed by atoms with E-state index in [-0.39, 0.29) is 17.0 Å². The lowest BCUT2D eigenvalue weighted by Crippen LogP contribution is -2.32. The van der Waals surface area contributed by atoms with Crippen LogP contribution in [0.3, 0.4) is 0 Å². The number of carbonyl (C=O) groups is 3. The van der Waals surface area contributed by atoms with Gasteiger partial charge in [0.25, 0.3) is 11.8 Å². The molecule has 3 heterocycles. The number of aliphatic carboxylic acids is 1. The number of furan rings is 1. The number of rotatable bonds is 4. The van der Waals surface area contributed by atoms with Crippen LogP contribution < -0.4 is 4.90 Å². The van der Waals surface area contributed by atoms with E-state index in [1.165, 1.54) is 11.2 Å². The maximum atomic E-state index is 12.9. The SMILES string of the molecule is O=C(O)CN1C(=O)C(=C2SC(=S)N(Cc3ccco3)C2=O)c2ccccc21. The molecule has 0 saturated carbocycles. The van der Waals surface area contributed by atoms with E-state index in [4.69, 9.17) is 21.7 Å². The maximum absolute atomic E-state index is 12.9. The van der Waals surface area contributed by atoms with Crippen LogP contribution in [0.2, 0.25) is 0 Å². The first-order valence-corrected chi connectivity index (χ1v) is 9.13. The van der Waals surface area contributed by atoms with Crippen molar-refractivity contribution in [1.82, 2.24) is 4.90 Å². The molecule has 27 heavy (non-hydrogen) atoms. The summed E-state index contributed by atoms with van der Waals surface area (Å²) in [6, 6.07) is 10.3. The minimum Gasteiger partial charge on any atom is -0.480 e. The molecule has 0 radical (unpaired) electrons. The van der Waals surface area contributed by atoms with Crippen molar-refractivity contribution in [2.45, 2.75) is 6.54 Å². The molecule has 0 unspecified atom stereocenters. The van der Waals surface area contributed by atoms with E-state index in [1.54, 1.807) is 36.4 Å². The molecule has 0 bridgehead atoms. The van der Waals surface area contributed by atoms with Crippen LogP contribution in [0, 0.1) is 0 Å². The summed E-state index contributed by atoms with van der Waals surface area (Å²) in [7, 11) is 0. The third kappa shape index (κ3) is 2.94. The number of carboxylic acids is 1. The summed E-state index contributed by atoms with van der Waals surface area (Å²) in [5.41, 5.74) is 1.18. The van der Waals surface area contributed by atoms with E-state index in [0.717, 1.165) is 16.7 Å². The fraction of sp³-hybridized carbons (Fsp3) is 0.111. The number of amides is 2. The Bertz CT molecular complexity index is 1010. The highest BCUT2D eigenvalue weighted by Gasteiger charge is 2.42. The Morgan fingerprint density at radius 2 is 1.89 bits per heavy atom. The quantitative estimate of drug-likeness (QED) is 0.623. The highest BCUT2D eigenvalue weighted by Crippen LogP contribution is 2.44. The van der Waals surface area contributed by atoms with Crippen LogP contribution in [0.15, 0.2) is 52.0 Å². The average Bonchev–Trinajstić information content (AvgIpc) is 3.31. The Balaban J connectivity index is 1.76. The standard InChI is InChI=1S/C18H12N2O5S2/c21-13(22)9-19-12-6-2-1-5-11(12)14(16(19)23)15-17(24)20(18(26)27-15)8-10-4-3-7-25-10/h1-7H,8-9H2,(H,21,22). The van der Waals surface area contributed by atoms with Crippen LogP contribution in [0.25, 0.3) is 5.57 Å². The van der Waals surface area contributed by atoms with Crippen LogP contribution in [0.5, 0.6) is 0 Å². The molecule has 0 aliphatic carbocycles. The largest absolute Gasteiger partial charge is 0.480 e. The van der Waals surface area contributed by atoms with Gasteiger partial charge in [-0.05, 0) is 18.2 Å². The molecule has 1 saturated heterocycles. The lowest BCUT2D eigenvalue weighted by molar-refractivity contribution is -0.136. The van der Waals surface area contributed by atoms with E-state index in [9.17, 15) is 14.4 Å². The van der Waals surface area contributed by atoms with E-state index < -0.39 is 24.3 Å². The zero-order valence-corrected chi connectivity index (χ0v) is 15.4. The summed E-state index contributed by atoms with van der Waals surface area (Å²) in [6.45, 7) is -0.310. The summed E-state index contributed by atoms with van der Waals surface area (Å²) in [5, 5.41) is 9.13. The zero-order valence-electron chi connectivity index (χ0n) is 13.7. The lowest BCUT2D eigenvalue weighted by Gasteiger charge is -2.14. The fourth-order valence-electron chi connectivity index (χ4n) is 3.04. The molecule has 2 aliphatic heterocycles. The minimum absolute atomic E-state index is 0.170. The number of carbonyl (C=O) groups excluding carboxylic acids is 2. The van der Waals surface area contributed by atoms with E-state index >= 15 is 0 Å². The van der Waals surface area contributed by atoms with Crippen molar-refractivity contribution < 1.29 is 23.9 Å². The van der Waals surface area contributed by atoms with Gasteiger partial charge in [-0.25, -0.2) is 0 Å². The second-order valence-electron chi connectivity index (χ2n) is 5.84. The van der Waals surface area contributed by atoms with Gasteiger partial charge < -0.3 is 9.52 Å². The lowest BCUT2D eigenvalue weighted by atomic mass is 10.1. The molecule has 2 aromatic rings. The topological polar surface area (TPSA) is 91.1 Å². The monoisotopic (exact) mass is 400 g/mol. The van der Waals surface area contributed by atoms with Gasteiger partial charge in [-0.1, -0.05) is 42.2 Å². The van der Waals surface area contributed by atoms with Crippen LogP contribution >= 0.6 is 24.0 Å². The molecule has 1 aromatic carbocycles. The first-order chi connectivity index (χ1) is 13.0. The first kappa shape index (κ1) is 17.5. The Labute approximate surface area is 163 Å². The number of nitrogens with zero attached hydrogens (tertiary/aromatic N) is 2. The Morgan fingerprint density at radius 3 is 2.59 bits per heavy atom. The van der Waals surface area contributed by atoms with E-state index in [2.05, 4.69) is 0 Å². The van der Waals surface area contributed by atoms with Crippen molar-refractivity contribution in [2.24, 2.45) is 0 Å². The number of benzene rings is 1. The van der Waals surface area contributed by atoms with Crippen LogP contribution in [-0.2, 0) is 20.9 Å². The number of carboxylic acid groups (broad SMARTS) is 1. The summed E-state index contributed by atoms with van der Waals surface area (Å²) in [6.07, 6.45) is 1.51. The van der Waals surface area contributed by atoms with Gasteiger partial charge in [0, 0.05) is 5.56 Å². The van der Waals surface area contributed by atoms with Crippen molar-refractivity contribution in [3.05, 3.63) is 58.9 Å². The van der Waals surface area contributed by atoms with E-state index in [0.29, 0.717) is 21.3 Å². The molecule has 1 fully saturated rings. The molecule has 0 spiro atoms. The van der Waals surface area contributed by atoms with Crippen LogP contribution in [-0.4, -0.2) is 38.7 Å². The van der Waals surface area contributed by atoms with Gasteiger partial charge in [0.05, 0.1) is 29.0 Å². The Kier molecular flexibility index (Phi) is 4.33. The normalized spacial score (nSPS) is 19.2. The number of thioether (sulfide) groups is 1. The number of anilines is 1. The molecule has 2 amide bonds. The third-order valence-corrected chi connectivity index (χ3v) is 5.64. The third-order valence-electron chi connectivity index (χ3n) is 4.19. The van der Waals surface area contributed by atoms with Gasteiger partial charge >= 0.3 is 5.97 Å². The Morgan fingerprint density at radius 1 is 1.11 bits per heavy atom. The summed E-state index contributed by atoms with van der Waals surface area (Å²) < 4.78 is 5.59. The number of hydrogen-bond acceptors (Lipinski definition) is 6. The van der Waals surface area contributed by atoms with Crippen molar-refractivity contribution in [1.29, 1.82) is 0 Å². The second kappa shape index (κ2) is 6.67. The van der Waals surface area contributed by atoms with Gasteiger partial charge in [-0.2, -0.15) is 0 Å². The first-order valence-electron chi connectivity index (χ1n) is 7.90. The molecule has 1 N–H and O–H groups in total. The number of thiocarbonyl (C=S) groups is 1. The van der Waals surface area contributed by atoms with Gasteiger partial charge in [0.15, 0.2) is 0 Å². The van der Waals surface area contributed by atoms with Crippen molar-refractivity contribution >= 4 is 57.3 Å². The van der Waals surface area contributed by atoms with Crippen molar-refractivity contribution in [3.8, 4) is 0 Å². The summed E-state index contributed by atoms with van der Waals surface area (Å²) >= 11 is 6.35. The molecule has 136 valence electrons. The minimum atomic E-state index is -1.13. The molecule has 4 rings (SSSR count). The molecule has 0 atom stereocenters. The number of fused-ring (bicyclic) bond motifs is 1. The number of hydrogen-bond donors (Lipinski definition) is 1. The van der Waals surface area contributed by atoms with Crippen molar-refractivity contribution in [2.75, 3.05) is 11.4 Å². The zero-order chi connectivity index (χ0) is 19.1. The molecule has 2 aliphatic rings. The van der Waals surface area contributed by atoms with Gasteiger partial charge in [0.2, 0.25) is 0 Å². The predicted molar refractivity (Wildman–Crippen MR) is 103 cm³/mol. The molecule has 7 nitrogen and oxygen atoms in total. The summed E-state index contributed by atoms with van der Waals surface area (Å²) in [5.74, 6) is -1.47. The second-order valence-corrected chi connectivity index (χ2v) is 7.49. The van der Waals surface area contributed by atoms with Gasteiger partial charge in [-0.15, -0.1) is 0 Å². The Hall–Kier alpha value is -2.91. The highest BCUT2D eigenvalue weighted by atomic mass is 32.2. The number of para-hydroxylation sites is 1. The van der Waals surface area contributed by atoms with Gasteiger partial charge in [0.1, 0.15) is 16.6 Å². The van der Waals surface area contributed by atoms with Crippen LogP contribution in [0.4, 0.5) is 5.69 Å². The van der Waals surface area contributed by atoms with Gasteiger partial charge in [-0.3, -0.25) is 24.2 Å². The van der Waals surface area contributed by atoms with E-state index in [1.807, 2.05) is 0 Å². The fourth-order valence-corrected chi connectivity index (χ4v) is 4.36. The van der Waals surface area contributed by atoms with Crippen molar-refractivity contribution in [3.63, 3.8) is 0 Å². The highest BCUT2D eigenvalue weighted by molar-refractivity contribution is 8.26. The summed E-state index contributed by atoms with van der Waals surface area (Å²) in [4.78, 5) is 39.8.